The highest BCUT2D eigenvalue weighted by Gasteiger charge is 2.15. The molecule has 80 valence electrons. The van der Waals surface area contributed by atoms with E-state index in [9.17, 15) is 4.79 Å². The fraction of sp³-hybridized carbons (Fsp3) is 0.700. The van der Waals surface area contributed by atoms with E-state index in [2.05, 4.69) is 17.3 Å². The maximum absolute atomic E-state index is 10.2. The summed E-state index contributed by atoms with van der Waals surface area (Å²) in [5, 5.41) is 11.4. The Morgan fingerprint density at radius 3 is 3.14 bits per heavy atom. The zero-order valence-electron chi connectivity index (χ0n) is 8.57. The standard InChI is InChI=1S/C10H18N2O2/c1-12-6-2-3-9(8-12)7-11-5-4-10(13)14/h4-5,9,11H,2-3,6-8H2,1H3,(H,13,14)/b5-4+. The molecular weight excluding hydrogens is 180 g/mol. The second-order valence-electron chi connectivity index (χ2n) is 3.85. The van der Waals surface area contributed by atoms with Gasteiger partial charge >= 0.3 is 5.97 Å². The molecular formula is C10H18N2O2. The molecule has 1 atom stereocenters. The van der Waals surface area contributed by atoms with Crippen LogP contribution in [0.2, 0.25) is 0 Å². The quantitative estimate of drug-likeness (QED) is 0.646. The topological polar surface area (TPSA) is 52.6 Å². The van der Waals surface area contributed by atoms with Gasteiger partial charge in [0.05, 0.1) is 0 Å². The van der Waals surface area contributed by atoms with Gasteiger partial charge in [-0.15, -0.1) is 0 Å². The minimum Gasteiger partial charge on any atom is -0.478 e. The molecule has 4 nitrogen and oxygen atoms in total. The molecule has 0 aromatic heterocycles. The summed E-state index contributed by atoms with van der Waals surface area (Å²) < 4.78 is 0. The fourth-order valence-electron chi connectivity index (χ4n) is 1.80. The number of likely N-dealkylation sites (tertiary alicyclic amines) is 1. The van der Waals surface area contributed by atoms with Crippen LogP contribution in [-0.4, -0.2) is 42.7 Å². The van der Waals surface area contributed by atoms with E-state index >= 15 is 0 Å². The summed E-state index contributed by atoms with van der Waals surface area (Å²) in [5.74, 6) is -0.259. The first kappa shape index (κ1) is 11.0. The molecule has 1 rings (SSSR count). The third-order valence-electron chi connectivity index (χ3n) is 2.47. The third-order valence-corrected chi connectivity index (χ3v) is 2.47. The van der Waals surface area contributed by atoms with Crippen molar-refractivity contribution in [2.75, 3.05) is 26.7 Å². The number of nitrogens with zero attached hydrogens (tertiary/aromatic N) is 1. The Bertz CT molecular complexity index is 216. The van der Waals surface area contributed by atoms with Crippen molar-refractivity contribution in [3.8, 4) is 0 Å². The third kappa shape index (κ3) is 4.28. The average Bonchev–Trinajstić information content (AvgIpc) is 2.12. The second kappa shape index (κ2) is 5.65. The Kier molecular flexibility index (Phi) is 4.46. The molecule has 0 spiro atoms. The molecule has 14 heavy (non-hydrogen) atoms. The number of hydrogen-bond donors (Lipinski definition) is 2. The molecule has 0 radical (unpaired) electrons. The molecule has 0 saturated carbocycles. The molecule has 0 aromatic carbocycles. The molecule has 2 N–H and O–H groups in total. The summed E-state index contributed by atoms with van der Waals surface area (Å²) in [5.41, 5.74) is 0. The van der Waals surface area contributed by atoms with Gasteiger partial charge in [0.2, 0.25) is 0 Å². The highest BCUT2D eigenvalue weighted by Crippen LogP contribution is 2.13. The Morgan fingerprint density at radius 1 is 1.71 bits per heavy atom. The minimum absolute atomic E-state index is 0.646. The van der Waals surface area contributed by atoms with Crippen molar-refractivity contribution in [2.24, 2.45) is 5.92 Å². The highest BCUT2D eigenvalue weighted by molar-refractivity contribution is 5.79. The number of aliphatic carboxylic acids is 1. The van der Waals surface area contributed by atoms with Crippen LogP contribution >= 0.6 is 0 Å². The van der Waals surface area contributed by atoms with E-state index in [4.69, 9.17) is 5.11 Å². The largest absolute Gasteiger partial charge is 0.478 e. The number of nitrogens with one attached hydrogen (secondary N) is 1. The van der Waals surface area contributed by atoms with Crippen LogP contribution < -0.4 is 5.32 Å². The van der Waals surface area contributed by atoms with Gasteiger partial charge in [0.25, 0.3) is 0 Å². The van der Waals surface area contributed by atoms with Crippen molar-refractivity contribution < 1.29 is 9.90 Å². The van der Waals surface area contributed by atoms with Crippen molar-refractivity contribution >= 4 is 5.97 Å². The van der Waals surface area contributed by atoms with Gasteiger partial charge in [-0.05, 0) is 32.4 Å². The van der Waals surface area contributed by atoms with E-state index in [0.717, 1.165) is 19.2 Å². The van der Waals surface area contributed by atoms with Crippen molar-refractivity contribution in [2.45, 2.75) is 12.8 Å². The lowest BCUT2D eigenvalue weighted by Gasteiger charge is -2.29. The summed E-state index contributed by atoms with van der Waals surface area (Å²) in [6.45, 7) is 3.16. The number of carbonyl (C=O) groups is 1. The molecule has 0 aromatic rings. The number of carboxylic acid groups (broad SMARTS) is 1. The normalized spacial score (nSPS) is 23.9. The molecule has 1 saturated heterocycles. The van der Waals surface area contributed by atoms with Gasteiger partial charge in [0, 0.05) is 25.4 Å². The first-order chi connectivity index (χ1) is 6.68. The molecule has 0 aliphatic carbocycles. The van der Waals surface area contributed by atoms with Crippen LogP contribution in [0.5, 0.6) is 0 Å². The number of hydrogen-bond acceptors (Lipinski definition) is 3. The number of rotatable bonds is 4. The fourth-order valence-corrected chi connectivity index (χ4v) is 1.80. The van der Waals surface area contributed by atoms with Gasteiger partial charge in [0.15, 0.2) is 0 Å². The van der Waals surface area contributed by atoms with Crippen molar-refractivity contribution in [1.82, 2.24) is 10.2 Å². The average molecular weight is 198 g/mol. The van der Waals surface area contributed by atoms with Gasteiger partial charge in [-0.25, -0.2) is 4.79 Å². The van der Waals surface area contributed by atoms with Gasteiger partial charge in [0.1, 0.15) is 0 Å². The SMILES string of the molecule is CN1CCCC(CN/C=C/C(=O)O)C1. The van der Waals surface area contributed by atoms with Gasteiger partial charge < -0.3 is 15.3 Å². The molecule has 0 bridgehead atoms. The van der Waals surface area contributed by atoms with Crippen molar-refractivity contribution in [3.05, 3.63) is 12.3 Å². The first-order valence-electron chi connectivity index (χ1n) is 5.00. The van der Waals surface area contributed by atoms with Crippen LogP contribution in [-0.2, 0) is 4.79 Å². The monoisotopic (exact) mass is 198 g/mol. The summed E-state index contributed by atoms with van der Waals surface area (Å²) in [7, 11) is 2.12. The Balaban J connectivity index is 2.14. The zero-order chi connectivity index (χ0) is 10.4. The second-order valence-corrected chi connectivity index (χ2v) is 3.85. The van der Waals surface area contributed by atoms with Crippen LogP contribution in [0.25, 0.3) is 0 Å². The Hall–Kier alpha value is -1.03. The summed E-state index contributed by atoms with van der Waals surface area (Å²) >= 11 is 0. The lowest BCUT2D eigenvalue weighted by Crippen LogP contribution is -2.36. The zero-order valence-corrected chi connectivity index (χ0v) is 8.57. The van der Waals surface area contributed by atoms with Crippen LogP contribution in [0.4, 0.5) is 0 Å². The smallest absolute Gasteiger partial charge is 0.329 e. The molecule has 1 unspecified atom stereocenters. The predicted octanol–water partition coefficient (Wildman–Crippen LogP) is 0.516. The molecule has 0 amide bonds. The molecule has 1 heterocycles. The molecule has 4 heteroatoms. The summed E-state index contributed by atoms with van der Waals surface area (Å²) in [4.78, 5) is 12.5. The van der Waals surface area contributed by atoms with E-state index in [0.29, 0.717) is 5.92 Å². The van der Waals surface area contributed by atoms with E-state index < -0.39 is 5.97 Å². The lowest BCUT2D eigenvalue weighted by molar-refractivity contribution is -0.131. The highest BCUT2D eigenvalue weighted by atomic mass is 16.4. The maximum atomic E-state index is 10.2. The Labute approximate surface area is 84.6 Å². The predicted molar refractivity (Wildman–Crippen MR) is 55.0 cm³/mol. The molecule has 1 aliphatic heterocycles. The minimum atomic E-state index is -0.904. The van der Waals surface area contributed by atoms with E-state index in [1.807, 2.05) is 0 Å². The lowest BCUT2D eigenvalue weighted by atomic mass is 9.99. The van der Waals surface area contributed by atoms with Crippen LogP contribution in [0.3, 0.4) is 0 Å². The molecule has 1 aliphatic rings. The van der Waals surface area contributed by atoms with E-state index in [1.54, 1.807) is 0 Å². The van der Waals surface area contributed by atoms with Gasteiger partial charge in [-0.3, -0.25) is 0 Å². The van der Waals surface area contributed by atoms with Gasteiger partial charge in [-0.1, -0.05) is 0 Å². The van der Waals surface area contributed by atoms with E-state index in [1.165, 1.54) is 25.6 Å². The van der Waals surface area contributed by atoms with E-state index in [-0.39, 0.29) is 0 Å². The number of piperidine rings is 1. The van der Waals surface area contributed by atoms with Gasteiger partial charge in [-0.2, -0.15) is 0 Å². The summed E-state index contributed by atoms with van der Waals surface area (Å²) in [6, 6.07) is 0. The van der Waals surface area contributed by atoms with Crippen LogP contribution in [0.1, 0.15) is 12.8 Å². The van der Waals surface area contributed by atoms with Crippen molar-refractivity contribution in [1.29, 1.82) is 0 Å². The van der Waals surface area contributed by atoms with Crippen LogP contribution in [0.15, 0.2) is 12.3 Å². The Morgan fingerprint density at radius 2 is 2.50 bits per heavy atom. The maximum Gasteiger partial charge on any atom is 0.329 e. The first-order valence-corrected chi connectivity index (χ1v) is 5.00. The van der Waals surface area contributed by atoms with Crippen LogP contribution in [0, 0.1) is 5.92 Å². The summed E-state index contributed by atoms with van der Waals surface area (Å²) in [6.07, 6.45) is 5.12. The van der Waals surface area contributed by atoms with Crippen molar-refractivity contribution in [3.63, 3.8) is 0 Å². The molecule has 1 fully saturated rings. The number of carboxylic acids is 1.